The number of fused-ring (bicyclic) bond motifs is 1. The van der Waals surface area contributed by atoms with Gasteiger partial charge < -0.3 is 14.4 Å². The number of benzene rings is 1. The fraction of sp³-hybridized carbons (Fsp3) is 0.593. The lowest BCUT2D eigenvalue weighted by Crippen LogP contribution is -2.45. The van der Waals surface area contributed by atoms with Crippen LogP contribution in [0.2, 0.25) is 0 Å². The van der Waals surface area contributed by atoms with E-state index in [0.29, 0.717) is 55.4 Å². The van der Waals surface area contributed by atoms with Crippen LogP contribution in [0.25, 0.3) is 10.9 Å². The number of carbonyl (C=O) groups excluding carboxylic acids is 3. The highest BCUT2D eigenvalue weighted by molar-refractivity contribution is 5.99. The molecule has 0 saturated carbocycles. The standard InChI is InChI=1S/C27H36N4O6/c1-4-19(9-8-17(2)26(34)30-12-14-36-15-13-30)16-37-22-7-5-6-20-24(22)27(35)31(18(3)28-20)21-10-11-23(32)29-25(21)33/h5-7,17,19,21H,4,8-16H2,1-3H3,(H,29,32,33). The van der Waals surface area contributed by atoms with Crippen LogP contribution in [-0.4, -0.2) is 65.1 Å². The zero-order valence-electron chi connectivity index (χ0n) is 21.8. The Morgan fingerprint density at radius 3 is 2.68 bits per heavy atom. The highest BCUT2D eigenvalue weighted by Crippen LogP contribution is 2.26. The van der Waals surface area contributed by atoms with E-state index >= 15 is 0 Å². The van der Waals surface area contributed by atoms with Crippen LogP contribution >= 0.6 is 0 Å². The van der Waals surface area contributed by atoms with E-state index in [1.165, 1.54) is 4.57 Å². The molecule has 3 unspecified atom stereocenters. The molecule has 1 N–H and O–H groups in total. The van der Waals surface area contributed by atoms with E-state index in [9.17, 15) is 19.2 Å². The fourth-order valence-corrected chi connectivity index (χ4v) is 5.06. The van der Waals surface area contributed by atoms with E-state index in [-0.39, 0.29) is 42.1 Å². The van der Waals surface area contributed by atoms with Crippen LogP contribution in [0.15, 0.2) is 23.0 Å². The number of amides is 3. The Morgan fingerprint density at radius 1 is 1.22 bits per heavy atom. The van der Waals surface area contributed by atoms with Gasteiger partial charge in [-0.1, -0.05) is 26.3 Å². The van der Waals surface area contributed by atoms with Gasteiger partial charge in [-0.2, -0.15) is 0 Å². The first-order valence-electron chi connectivity index (χ1n) is 13.1. The maximum Gasteiger partial charge on any atom is 0.265 e. The topological polar surface area (TPSA) is 120 Å². The van der Waals surface area contributed by atoms with Gasteiger partial charge >= 0.3 is 0 Å². The molecular weight excluding hydrogens is 476 g/mol. The summed E-state index contributed by atoms with van der Waals surface area (Å²) in [5.41, 5.74) is 0.145. The average Bonchev–Trinajstić information content (AvgIpc) is 2.89. The van der Waals surface area contributed by atoms with Crippen molar-refractivity contribution in [3.63, 3.8) is 0 Å². The van der Waals surface area contributed by atoms with E-state index in [4.69, 9.17) is 9.47 Å². The Bertz CT molecular complexity index is 1220. The van der Waals surface area contributed by atoms with Crippen LogP contribution in [0, 0.1) is 18.8 Å². The summed E-state index contributed by atoms with van der Waals surface area (Å²) in [6.45, 7) is 8.63. The summed E-state index contributed by atoms with van der Waals surface area (Å²) in [5, 5.41) is 2.64. The first kappa shape index (κ1) is 26.8. The van der Waals surface area contributed by atoms with Gasteiger partial charge in [-0.05, 0) is 44.2 Å². The molecule has 2 aliphatic heterocycles. The summed E-state index contributed by atoms with van der Waals surface area (Å²) in [6.07, 6.45) is 2.89. The summed E-state index contributed by atoms with van der Waals surface area (Å²) >= 11 is 0. The monoisotopic (exact) mass is 512 g/mol. The SMILES string of the molecule is CCC(CCC(C)C(=O)N1CCOCC1)COc1cccc2nc(C)n(C3CCC(=O)NC3=O)c(=O)c12. The van der Waals surface area contributed by atoms with Crippen LogP contribution in [0.3, 0.4) is 0 Å². The lowest BCUT2D eigenvalue weighted by Gasteiger charge is -2.29. The first-order chi connectivity index (χ1) is 17.8. The number of morpholine rings is 1. The fourth-order valence-electron chi connectivity index (χ4n) is 5.06. The zero-order chi connectivity index (χ0) is 26.5. The van der Waals surface area contributed by atoms with Crippen molar-refractivity contribution in [1.29, 1.82) is 0 Å². The van der Waals surface area contributed by atoms with Crippen LogP contribution in [0.4, 0.5) is 0 Å². The predicted molar refractivity (Wildman–Crippen MR) is 137 cm³/mol. The second-order valence-corrected chi connectivity index (χ2v) is 9.95. The molecule has 2 aromatic rings. The molecule has 10 nitrogen and oxygen atoms in total. The highest BCUT2D eigenvalue weighted by Gasteiger charge is 2.31. The van der Waals surface area contributed by atoms with Crippen molar-refractivity contribution in [2.75, 3.05) is 32.9 Å². The van der Waals surface area contributed by atoms with Crippen molar-refractivity contribution in [3.8, 4) is 5.75 Å². The van der Waals surface area contributed by atoms with Crippen molar-refractivity contribution < 1.29 is 23.9 Å². The average molecular weight is 513 g/mol. The number of carbonyl (C=O) groups is 3. The van der Waals surface area contributed by atoms with Gasteiger partial charge in [0, 0.05) is 25.4 Å². The highest BCUT2D eigenvalue weighted by atomic mass is 16.5. The van der Waals surface area contributed by atoms with Gasteiger partial charge in [0.25, 0.3) is 5.56 Å². The summed E-state index contributed by atoms with van der Waals surface area (Å²) < 4.78 is 12.9. The normalized spacial score (nSPS) is 20.0. The maximum absolute atomic E-state index is 13.6. The largest absolute Gasteiger partial charge is 0.492 e. The number of ether oxygens (including phenoxy) is 2. The van der Waals surface area contributed by atoms with E-state index in [1.54, 1.807) is 25.1 Å². The zero-order valence-corrected chi connectivity index (χ0v) is 21.8. The number of aryl methyl sites for hydroxylation is 1. The van der Waals surface area contributed by atoms with Crippen LogP contribution < -0.4 is 15.6 Å². The Hall–Kier alpha value is -3.27. The third kappa shape index (κ3) is 6.01. The quantitative estimate of drug-likeness (QED) is 0.512. The Labute approximate surface area is 216 Å². The molecule has 2 aliphatic rings. The van der Waals surface area contributed by atoms with Crippen molar-refractivity contribution in [2.24, 2.45) is 11.8 Å². The summed E-state index contributed by atoms with van der Waals surface area (Å²) in [4.78, 5) is 56.8. The predicted octanol–water partition coefficient (Wildman–Crippen LogP) is 2.36. The van der Waals surface area contributed by atoms with Gasteiger partial charge in [-0.15, -0.1) is 0 Å². The van der Waals surface area contributed by atoms with Crippen LogP contribution in [-0.2, 0) is 19.1 Å². The smallest absolute Gasteiger partial charge is 0.265 e. The molecule has 10 heteroatoms. The van der Waals surface area contributed by atoms with Gasteiger partial charge in [0.05, 0.1) is 25.3 Å². The van der Waals surface area contributed by atoms with Gasteiger partial charge in [0.1, 0.15) is 23.0 Å². The Morgan fingerprint density at radius 2 is 1.97 bits per heavy atom. The molecule has 2 fully saturated rings. The number of nitrogens with zero attached hydrogens (tertiary/aromatic N) is 3. The molecule has 37 heavy (non-hydrogen) atoms. The number of hydrogen-bond donors (Lipinski definition) is 1. The second-order valence-electron chi connectivity index (χ2n) is 9.95. The van der Waals surface area contributed by atoms with E-state index in [2.05, 4.69) is 17.2 Å². The number of rotatable bonds is 9. The van der Waals surface area contributed by atoms with E-state index in [1.807, 2.05) is 11.8 Å². The lowest BCUT2D eigenvalue weighted by atomic mass is 9.94. The molecule has 3 heterocycles. The molecule has 0 radical (unpaired) electrons. The van der Waals surface area contributed by atoms with E-state index in [0.717, 1.165) is 19.3 Å². The molecular formula is C27H36N4O6. The number of imide groups is 1. The van der Waals surface area contributed by atoms with Crippen LogP contribution in [0.5, 0.6) is 5.75 Å². The minimum absolute atomic E-state index is 0.0717. The molecule has 1 aromatic heterocycles. The van der Waals surface area contributed by atoms with Gasteiger partial charge in [0.2, 0.25) is 17.7 Å². The van der Waals surface area contributed by atoms with Gasteiger partial charge in [-0.3, -0.25) is 29.1 Å². The maximum atomic E-state index is 13.6. The van der Waals surface area contributed by atoms with Crippen molar-refractivity contribution in [2.45, 2.75) is 58.9 Å². The second kappa shape index (κ2) is 11.9. The summed E-state index contributed by atoms with van der Waals surface area (Å²) in [7, 11) is 0. The summed E-state index contributed by atoms with van der Waals surface area (Å²) in [5.74, 6) is 0.317. The summed E-state index contributed by atoms with van der Waals surface area (Å²) in [6, 6.07) is 4.50. The molecule has 0 aliphatic carbocycles. The van der Waals surface area contributed by atoms with Crippen molar-refractivity contribution in [3.05, 3.63) is 34.4 Å². The van der Waals surface area contributed by atoms with Gasteiger partial charge in [-0.25, -0.2) is 4.98 Å². The number of aromatic nitrogens is 2. The minimum Gasteiger partial charge on any atom is -0.492 e. The van der Waals surface area contributed by atoms with Crippen LogP contribution in [0.1, 0.15) is 57.8 Å². The molecule has 0 bridgehead atoms. The molecule has 2 saturated heterocycles. The Balaban J connectivity index is 1.47. The van der Waals surface area contributed by atoms with Crippen molar-refractivity contribution in [1.82, 2.24) is 19.8 Å². The molecule has 3 amide bonds. The number of nitrogens with one attached hydrogen (secondary N) is 1. The minimum atomic E-state index is -0.788. The molecule has 4 rings (SSSR count). The Kier molecular flexibility index (Phi) is 8.58. The molecule has 0 spiro atoms. The lowest BCUT2D eigenvalue weighted by molar-refractivity contribution is -0.139. The molecule has 3 atom stereocenters. The molecule has 1 aromatic carbocycles. The van der Waals surface area contributed by atoms with Crippen molar-refractivity contribution >= 4 is 28.6 Å². The molecule has 200 valence electrons. The first-order valence-corrected chi connectivity index (χ1v) is 13.1. The van der Waals surface area contributed by atoms with E-state index < -0.39 is 11.9 Å². The number of piperidine rings is 1. The third-order valence-corrected chi connectivity index (χ3v) is 7.39. The number of hydrogen-bond acceptors (Lipinski definition) is 7. The van der Waals surface area contributed by atoms with Gasteiger partial charge in [0.15, 0.2) is 0 Å². The third-order valence-electron chi connectivity index (χ3n) is 7.39.